The lowest BCUT2D eigenvalue weighted by Gasteiger charge is -2.41. The Kier molecular flexibility index (Phi) is 4.61. The van der Waals surface area contributed by atoms with Crippen molar-refractivity contribution in [2.45, 2.75) is 44.0 Å². The summed E-state index contributed by atoms with van der Waals surface area (Å²) in [7, 11) is -4.18. The molecule has 2 aliphatic rings. The minimum atomic E-state index is -4.18. The maximum Gasteiger partial charge on any atom is 0.246 e. The normalized spacial score (nSPS) is 25.3. The Morgan fingerprint density at radius 3 is 2.56 bits per heavy atom. The summed E-state index contributed by atoms with van der Waals surface area (Å²) in [6.45, 7) is 4.69. The molecule has 2 heterocycles. The summed E-state index contributed by atoms with van der Waals surface area (Å²) < 4.78 is 54.0. The number of rotatable bonds is 3. The van der Waals surface area contributed by atoms with Gasteiger partial charge in [0.05, 0.1) is 5.41 Å². The molecule has 1 spiro atoms. The highest BCUT2D eigenvalue weighted by Gasteiger charge is 2.51. The molecule has 3 rings (SSSR count). The van der Waals surface area contributed by atoms with Crippen molar-refractivity contribution in [3.05, 3.63) is 29.8 Å². The van der Waals surface area contributed by atoms with Crippen LogP contribution in [0.5, 0.6) is 0 Å². The van der Waals surface area contributed by atoms with Gasteiger partial charge in [0.15, 0.2) is 0 Å². The van der Waals surface area contributed by atoms with Gasteiger partial charge >= 0.3 is 0 Å². The van der Waals surface area contributed by atoms with Crippen LogP contribution < -0.4 is 0 Å². The molecule has 2 saturated heterocycles. The standard InChI is InChI=1S/C17H22F2N2O3S/c1-12(2)21-8-3-6-17(16(21)22)7-9-20(11-17)25(23,24)15-10-13(18)4-5-14(15)19/h4-5,10,12H,3,6-9,11H2,1-2H3. The smallest absolute Gasteiger partial charge is 0.246 e. The van der Waals surface area contributed by atoms with E-state index in [-0.39, 0.29) is 25.0 Å². The number of likely N-dealkylation sites (tertiary alicyclic amines) is 1. The van der Waals surface area contributed by atoms with Crippen molar-refractivity contribution in [3.63, 3.8) is 0 Å². The van der Waals surface area contributed by atoms with E-state index in [1.54, 1.807) is 4.90 Å². The van der Waals surface area contributed by atoms with Gasteiger partial charge in [0.2, 0.25) is 15.9 Å². The van der Waals surface area contributed by atoms with Crippen molar-refractivity contribution in [1.82, 2.24) is 9.21 Å². The van der Waals surface area contributed by atoms with Crippen LogP contribution in [0.3, 0.4) is 0 Å². The van der Waals surface area contributed by atoms with Crippen LogP contribution in [0.1, 0.15) is 33.1 Å². The summed E-state index contributed by atoms with van der Waals surface area (Å²) in [5.41, 5.74) is -0.751. The van der Waals surface area contributed by atoms with E-state index < -0.39 is 32.0 Å². The van der Waals surface area contributed by atoms with Crippen molar-refractivity contribution in [2.24, 2.45) is 5.41 Å². The van der Waals surface area contributed by atoms with Crippen LogP contribution in [0, 0.1) is 17.0 Å². The molecule has 1 aromatic carbocycles. The molecule has 0 saturated carbocycles. The number of carbonyl (C=O) groups is 1. The van der Waals surface area contributed by atoms with Crippen LogP contribution in [0.4, 0.5) is 8.78 Å². The maximum atomic E-state index is 13.9. The predicted molar refractivity (Wildman–Crippen MR) is 88.2 cm³/mol. The van der Waals surface area contributed by atoms with Crippen LogP contribution in [-0.2, 0) is 14.8 Å². The number of hydrogen-bond acceptors (Lipinski definition) is 3. The molecule has 25 heavy (non-hydrogen) atoms. The van der Waals surface area contributed by atoms with Gasteiger partial charge < -0.3 is 4.90 Å². The second-order valence-corrected chi connectivity index (χ2v) is 9.05. The number of benzene rings is 1. The molecular formula is C17H22F2N2O3S. The molecule has 0 aromatic heterocycles. The van der Waals surface area contributed by atoms with Gasteiger partial charge in [-0.15, -0.1) is 0 Å². The van der Waals surface area contributed by atoms with Gasteiger partial charge in [0.1, 0.15) is 16.5 Å². The molecule has 5 nitrogen and oxygen atoms in total. The first-order chi connectivity index (χ1) is 11.7. The van der Waals surface area contributed by atoms with Crippen LogP contribution in [0.2, 0.25) is 0 Å². The lowest BCUT2D eigenvalue weighted by atomic mass is 9.78. The lowest BCUT2D eigenvalue weighted by Crippen LogP contribution is -2.52. The van der Waals surface area contributed by atoms with Gasteiger partial charge in [0, 0.05) is 25.7 Å². The Balaban J connectivity index is 1.89. The molecule has 1 atom stereocenters. The molecule has 2 fully saturated rings. The molecule has 1 unspecified atom stereocenters. The quantitative estimate of drug-likeness (QED) is 0.819. The first kappa shape index (κ1) is 18.3. The third kappa shape index (κ3) is 3.06. The van der Waals surface area contributed by atoms with E-state index in [2.05, 4.69) is 0 Å². The highest BCUT2D eigenvalue weighted by Crippen LogP contribution is 2.42. The summed E-state index contributed by atoms with van der Waals surface area (Å²) in [5, 5.41) is 0. The zero-order valence-electron chi connectivity index (χ0n) is 14.3. The van der Waals surface area contributed by atoms with Crippen molar-refractivity contribution < 1.29 is 22.0 Å². The number of piperidine rings is 1. The summed E-state index contributed by atoms with van der Waals surface area (Å²) >= 11 is 0. The Morgan fingerprint density at radius 2 is 1.88 bits per heavy atom. The topological polar surface area (TPSA) is 57.7 Å². The van der Waals surface area contributed by atoms with Crippen LogP contribution >= 0.6 is 0 Å². The van der Waals surface area contributed by atoms with Gasteiger partial charge in [-0.05, 0) is 51.3 Å². The highest BCUT2D eigenvalue weighted by molar-refractivity contribution is 7.89. The van der Waals surface area contributed by atoms with Crippen molar-refractivity contribution in [1.29, 1.82) is 0 Å². The molecule has 2 aliphatic heterocycles. The van der Waals surface area contributed by atoms with E-state index in [0.29, 0.717) is 25.5 Å². The fourth-order valence-corrected chi connectivity index (χ4v) is 5.43. The van der Waals surface area contributed by atoms with E-state index in [1.807, 2.05) is 13.8 Å². The number of sulfonamides is 1. The Bertz CT molecular complexity index is 797. The van der Waals surface area contributed by atoms with Gasteiger partial charge in [-0.2, -0.15) is 4.31 Å². The second kappa shape index (κ2) is 6.32. The fourth-order valence-electron chi connectivity index (χ4n) is 3.83. The number of amides is 1. The monoisotopic (exact) mass is 372 g/mol. The third-order valence-electron chi connectivity index (χ3n) is 5.22. The van der Waals surface area contributed by atoms with Gasteiger partial charge in [-0.3, -0.25) is 4.79 Å². The zero-order chi connectivity index (χ0) is 18.4. The second-order valence-electron chi connectivity index (χ2n) is 7.14. The molecular weight excluding hydrogens is 350 g/mol. The largest absolute Gasteiger partial charge is 0.340 e. The molecule has 8 heteroatoms. The van der Waals surface area contributed by atoms with Gasteiger partial charge in [0.25, 0.3) is 0 Å². The highest BCUT2D eigenvalue weighted by atomic mass is 32.2. The Hall–Kier alpha value is -1.54. The van der Waals surface area contributed by atoms with Crippen molar-refractivity contribution >= 4 is 15.9 Å². The fraction of sp³-hybridized carbons (Fsp3) is 0.588. The minimum Gasteiger partial charge on any atom is -0.340 e. The predicted octanol–water partition coefficient (Wildman–Crippen LogP) is 2.38. The number of halogens is 2. The Labute approximate surface area is 146 Å². The number of hydrogen-bond donors (Lipinski definition) is 0. The summed E-state index contributed by atoms with van der Waals surface area (Å²) in [5.74, 6) is -1.83. The van der Waals surface area contributed by atoms with Crippen LogP contribution in [0.15, 0.2) is 23.1 Å². The molecule has 138 valence electrons. The SMILES string of the molecule is CC(C)N1CCCC2(CCN(S(=O)(=O)c3cc(F)ccc3F)C2)C1=O. The van der Waals surface area contributed by atoms with E-state index in [9.17, 15) is 22.0 Å². The molecule has 0 bridgehead atoms. The molecule has 0 aliphatic carbocycles. The maximum absolute atomic E-state index is 13.9. The summed E-state index contributed by atoms with van der Waals surface area (Å²) in [6.07, 6.45) is 1.84. The number of nitrogens with zero attached hydrogens (tertiary/aromatic N) is 2. The summed E-state index contributed by atoms with van der Waals surface area (Å²) in [4.78, 5) is 14.0. The van der Waals surface area contributed by atoms with E-state index in [0.717, 1.165) is 22.9 Å². The van der Waals surface area contributed by atoms with Crippen LogP contribution in [0.25, 0.3) is 0 Å². The molecule has 1 amide bonds. The van der Waals surface area contributed by atoms with E-state index in [1.165, 1.54) is 0 Å². The lowest BCUT2D eigenvalue weighted by molar-refractivity contribution is -0.147. The molecule has 1 aromatic rings. The summed E-state index contributed by atoms with van der Waals surface area (Å²) in [6, 6.07) is 2.43. The number of carbonyl (C=O) groups excluding carboxylic acids is 1. The van der Waals surface area contributed by atoms with Gasteiger partial charge in [-0.25, -0.2) is 17.2 Å². The van der Waals surface area contributed by atoms with Gasteiger partial charge in [-0.1, -0.05) is 0 Å². The first-order valence-electron chi connectivity index (χ1n) is 8.44. The zero-order valence-corrected chi connectivity index (χ0v) is 15.2. The molecule has 0 radical (unpaired) electrons. The minimum absolute atomic E-state index is 0.0212. The Morgan fingerprint density at radius 1 is 1.16 bits per heavy atom. The van der Waals surface area contributed by atoms with E-state index in [4.69, 9.17) is 0 Å². The van der Waals surface area contributed by atoms with Crippen LogP contribution in [-0.4, -0.2) is 49.2 Å². The first-order valence-corrected chi connectivity index (χ1v) is 9.88. The van der Waals surface area contributed by atoms with Crippen molar-refractivity contribution in [3.8, 4) is 0 Å². The van der Waals surface area contributed by atoms with E-state index >= 15 is 0 Å². The third-order valence-corrected chi connectivity index (χ3v) is 7.08. The van der Waals surface area contributed by atoms with Crippen molar-refractivity contribution in [2.75, 3.05) is 19.6 Å². The average molecular weight is 372 g/mol. The molecule has 0 N–H and O–H groups in total. The average Bonchev–Trinajstić information content (AvgIpc) is 2.98.